The number of rotatable bonds is 4. The van der Waals surface area contributed by atoms with Crippen LogP contribution in [0.15, 0.2) is 53.7 Å². The fourth-order valence-electron chi connectivity index (χ4n) is 4.50. The molecule has 2 aromatic rings. The van der Waals surface area contributed by atoms with E-state index in [0.29, 0.717) is 18.5 Å². The Bertz CT molecular complexity index is 1090. The molecule has 156 valence electrons. The van der Waals surface area contributed by atoms with Gasteiger partial charge in [0.25, 0.3) is 5.91 Å². The van der Waals surface area contributed by atoms with E-state index in [2.05, 4.69) is 24.5 Å². The SMILES string of the molecule is CC1(C)CC(=O)C2=C(C1)NC(C)(c1ccc(C(N)=O)c(Nc3ccccc3F)c1)C2. The van der Waals surface area contributed by atoms with E-state index in [0.717, 1.165) is 23.3 Å². The van der Waals surface area contributed by atoms with Gasteiger partial charge in [0, 0.05) is 24.1 Å². The third-order valence-corrected chi connectivity index (χ3v) is 6.02. The van der Waals surface area contributed by atoms with E-state index in [1.807, 2.05) is 19.1 Å². The number of anilines is 2. The Kier molecular flexibility index (Phi) is 4.68. The molecule has 1 aliphatic heterocycles. The number of primary amides is 1. The van der Waals surface area contributed by atoms with Gasteiger partial charge in [-0.25, -0.2) is 4.39 Å². The van der Waals surface area contributed by atoms with Crippen molar-refractivity contribution in [2.45, 2.75) is 45.6 Å². The molecule has 6 heteroatoms. The van der Waals surface area contributed by atoms with E-state index >= 15 is 0 Å². The first-order valence-corrected chi connectivity index (χ1v) is 10.1. The van der Waals surface area contributed by atoms with Crippen molar-refractivity contribution in [2.24, 2.45) is 11.1 Å². The lowest BCUT2D eigenvalue weighted by Gasteiger charge is -2.31. The number of hydrogen-bond acceptors (Lipinski definition) is 4. The third kappa shape index (κ3) is 3.58. The van der Waals surface area contributed by atoms with Gasteiger partial charge >= 0.3 is 0 Å². The molecule has 2 aromatic carbocycles. The Morgan fingerprint density at radius 1 is 1.07 bits per heavy atom. The molecule has 2 aliphatic rings. The summed E-state index contributed by atoms with van der Waals surface area (Å²) in [5.41, 5.74) is 8.71. The number of carbonyl (C=O) groups excluding carboxylic acids is 2. The van der Waals surface area contributed by atoms with Gasteiger partial charge < -0.3 is 16.4 Å². The van der Waals surface area contributed by atoms with Gasteiger partial charge in [0.2, 0.25) is 0 Å². The van der Waals surface area contributed by atoms with Gasteiger partial charge in [-0.05, 0) is 48.6 Å². The minimum absolute atomic E-state index is 0.0679. The summed E-state index contributed by atoms with van der Waals surface area (Å²) in [6, 6.07) is 11.6. The third-order valence-electron chi connectivity index (χ3n) is 6.02. The lowest BCUT2D eigenvalue weighted by Crippen LogP contribution is -2.35. The van der Waals surface area contributed by atoms with E-state index in [1.165, 1.54) is 6.07 Å². The van der Waals surface area contributed by atoms with Crippen LogP contribution in [0.2, 0.25) is 0 Å². The standard InChI is InChI=1S/C24H26FN3O2/c1-23(2)12-20-16(21(29)13-23)11-24(3,28-20)14-8-9-15(22(26)30)19(10-14)27-18-7-5-4-6-17(18)25/h4-10,27-28H,11-13H2,1-3H3,(H2,26,30). The fourth-order valence-corrected chi connectivity index (χ4v) is 4.50. The highest BCUT2D eigenvalue weighted by Crippen LogP contribution is 2.46. The molecule has 1 amide bonds. The lowest BCUT2D eigenvalue weighted by atomic mass is 9.75. The van der Waals surface area contributed by atoms with Crippen LogP contribution in [0.1, 0.15) is 56.0 Å². The van der Waals surface area contributed by atoms with Gasteiger partial charge in [-0.1, -0.05) is 32.0 Å². The Hall–Kier alpha value is -3.15. The number of Topliss-reactive ketones (excluding diaryl/α,β-unsaturated/α-hetero) is 1. The van der Waals surface area contributed by atoms with Crippen molar-refractivity contribution in [2.75, 3.05) is 5.32 Å². The molecule has 0 aromatic heterocycles. The molecule has 0 saturated carbocycles. The van der Waals surface area contributed by atoms with E-state index < -0.39 is 17.3 Å². The summed E-state index contributed by atoms with van der Waals surface area (Å²) < 4.78 is 14.2. The Balaban J connectivity index is 1.70. The van der Waals surface area contributed by atoms with Crippen molar-refractivity contribution in [3.8, 4) is 0 Å². The zero-order valence-electron chi connectivity index (χ0n) is 17.4. The average molecular weight is 407 g/mol. The zero-order valence-corrected chi connectivity index (χ0v) is 17.4. The van der Waals surface area contributed by atoms with Crippen molar-refractivity contribution in [3.05, 3.63) is 70.7 Å². The van der Waals surface area contributed by atoms with Crippen molar-refractivity contribution < 1.29 is 14.0 Å². The number of nitrogens with two attached hydrogens (primary N) is 1. The van der Waals surface area contributed by atoms with Crippen LogP contribution in [0, 0.1) is 11.2 Å². The summed E-state index contributed by atoms with van der Waals surface area (Å²) in [4.78, 5) is 24.6. The number of ketones is 1. The minimum atomic E-state index is -0.598. The maximum absolute atomic E-state index is 14.2. The molecule has 1 atom stereocenters. The molecule has 0 fully saturated rings. The van der Waals surface area contributed by atoms with E-state index in [4.69, 9.17) is 5.73 Å². The quantitative estimate of drug-likeness (QED) is 0.696. The predicted molar refractivity (Wildman–Crippen MR) is 115 cm³/mol. The smallest absolute Gasteiger partial charge is 0.250 e. The van der Waals surface area contributed by atoms with Crippen LogP contribution in [-0.4, -0.2) is 11.7 Å². The van der Waals surface area contributed by atoms with Crippen LogP contribution in [0.5, 0.6) is 0 Å². The lowest BCUT2D eigenvalue weighted by molar-refractivity contribution is -0.118. The number of amides is 1. The molecular weight excluding hydrogens is 381 g/mol. The van der Waals surface area contributed by atoms with Crippen LogP contribution in [0.3, 0.4) is 0 Å². The second kappa shape index (κ2) is 6.97. The first kappa shape index (κ1) is 20.1. The summed E-state index contributed by atoms with van der Waals surface area (Å²) in [6.07, 6.45) is 1.94. The summed E-state index contributed by atoms with van der Waals surface area (Å²) in [7, 11) is 0. The Labute approximate surface area is 175 Å². The van der Waals surface area contributed by atoms with E-state index in [9.17, 15) is 14.0 Å². The molecule has 0 saturated heterocycles. The molecule has 5 nitrogen and oxygen atoms in total. The second-order valence-electron chi connectivity index (χ2n) is 9.26. The number of carbonyl (C=O) groups is 2. The second-order valence-corrected chi connectivity index (χ2v) is 9.26. The molecule has 1 aliphatic carbocycles. The van der Waals surface area contributed by atoms with Crippen molar-refractivity contribution in [1.82, 2.24) is 5.32 Å². The minimum Gasteiger partial charge on any atom is -0.378 e. The summed E-state index contributed by atoms with van der Waals surface area (Å²) in [6.45, 7) is 6.24. The highest BCUT2D eigenvalue weighted by atomic mass is 19.1. The van der Waals surface area contributed by atoms with E-state index in [1.54, 1.807) is 24.3 Å². The number of halogens is 1. The predicted octanol–water partition coefficient (Wildman–Crippen LogP) is 4.52. The van der Waals surface area contributed by atoms with Crippen molar-refractivity contribution in [3.63, 3.8) is 0 Å². The van der Waals surface area contributed by atoms with Crippen molar-refractivity contribution >= 4 is 23.1 Å². The summed E-state index contributed by atoms with van der Waals surface area (Å²) >= 11 is 0. The van der Waals surface area contributed by atoms with Crippen LogP contribution >= 0.6 is 0 Å². The average Bonchev–Trinajstić information content (AvgIpc) is 3.00. The zero-order chi connectivity index (χ0) is 21.7. The number of benzene rings is 2. The molecule has 0 radical (unpaired) electrons. The highest BCUT2D eigenvalue weighted by molar-refractivity contribution is 6.00. The van der Waals surface area contributed by atoms with Crippen molar-refractivity contribution in [1.29, 1.82) is 0 Å². The van der Waals surface area contributed by atoms with Gasteiger partial charge in [0.15, 0.2) is 5.78 Å². The monoisotopic (exact) mass is 407 g/mol. The van der Waals surface area contributed by atoms with Gasteiger partial charge in [-0.3, -0.25) is 9.59 Å². The molecule has 0 spiro atoms. The summed E-state index contributed by atoms with van der Waals surface area (Å²) in [5, 5.41) is 6.57. The summed E-state index contributed by atoms with van der Waals surface area (Å²) in [5.74, 6) is -0.830. The largest absolute Gasteiger partial charge is 0.378 e. The molecule has 4 N–H and O–H groups in total. The normalized spacial score (nSPS) is 22.5. The van der Waals surface area contributed by atoms with Gasteiger partial charge in [-0.15, -0.1) is 0 Å². The number of allylic oxidation sites excluding steroid dienone is 1. The molecule has 1 unspecified atom stereocenters. The number of hydrogen-bond donors (Lipinski definition) is 3. The molecule has 30 heavy (non-hydrogen) atoms. The maximum Gasteiger partial charge on any atom is 0.250 e. The topological polar surface area (TPSA) is 84.2 Å². The van der Waals surface area contributed by atoms with Crippen LogP contribution in [0.4, 0.5) is 15.8 Å². The first-order valence-electron chi connectivity index (χ1n) is 10.1. The van der Waals surface area contributed by atoms with Gasteiger partial charge in [-0.2, -0.15) is 0 Å². The number of para-hydroxylation sites is 1. The molecular formula is C24H26FN3O2. The molecule has 4 rings (SSSR count). The van der Waals surface area contributed by atoms with Crippen LogP contribution < -0.4 is 16.4 Å². The Morgan fingerprint density at radius 3 is 2.50 bits per heavy atom. The van der Waals surface area contributed by atoms with Gasteiger partial charge in [0.05, 0.1) is 22.5 Å². The fraction of sp³-hybridized carbons (Fsp3) is 0.333. The molecule has 1 heterocycles. The van der Waals surface area contributed by atoms with Crippen LogP contribution in [-0.2, 0) is 10.3 Å². The van der Waals surface area contributed by atoms with E-state index in [-0.39, 0.29) is 22.4 Å². The highest BCUT2D eigenvalue weighted by Gasteiger charge is 2.43. The first-order chi connectivity index (χ1) is 14.1. The molecule has 0 bridgehead atoms. The van der Waals surface area contributed by atoms with Crippen LogP contribution in [0.25, 0.3) is 0 Å². The number of nitrogens with one attached hydrogen (secondary N) is 2. The Morgan fingerprint density at radius 2 is 1.80 bits per heavy atom. The maximum atomic E-state index is 14.2. The van der Waals surface area contributed by atoms with Gasteiger partial charge in [0.1, 0.15) is 5.82 Å².